The van der Waals surface area contributed by atoms with Gasteiger partial charge in [0, 0.05) is 11.8 Å². The predicted molar refractivity (Wildman–Crippen MR) is 103 cm³/mol. The van der Waals surface area contributed by atoms with Crippen LogP contribution in [0, 0.1) is 10.1 Å². The number of nitrogens with one attached hydrogen (secondary N) is 1. The molecule has 0 aliphatic rings. The molecule has 0 fully saturated rings. The first kappa shape index (κ1) is 19.2. The summed E-state index contributed by atoms with van der Waals surface area (Å²) in [6.45, 7) is 0.378. The number of benzene rings is 3. The van der Waals surface area contributed by atoms with Gasteiger partial charge >= 0.3 is 5.69 Å². The number of hydrogen-bond donors (Lipinski definition) is 2. The van der Waals surface area contributed by atoms with E-state index in [0.717, 1.165) is 23.8 Å². The van der Waals surface area contributed by atoms with E-state index in [1.54, 1.807) is 12.1 Å². The van der Waals surface area contributed by atoms with Crippen LogP contribution in [0.15, 0.2) is 77.7 Å². The Kier molecular flexibility index (Phi) is 5.46. The lowest BCUT2D eigenvalue weighted by Gasteiger charge is -2.10. The summed E-state index contributed by atoms with van der Waals surface area (Å²) in [5, 5.41) is 20.3. The summed E-state index contributed by atoms with van der Waals surface area (Å²) in [4.78, 5) is 9.69. The third-order valence-electron chi connectivity index (χ3n) is 3.81. The second kappa shape index (κ2) is 7.97. The lowest BCUT2D eigenvalue weighted by Crippen LogP contribution is -2.13. The minimum absolute atomic E-state index is 0.266. The van der Waals surface area contributed by atoms with E-state index in [4.69, 9.17) is 4.74 Å². The Hall–Kier alpha value is -3.59. The van der Waals surface area contributed by atoms with Crippen molar-refractivity contribution in [1.82, 2.24) is 0 Å². The van der Waals surface area contributed by atoms with Crippen molar-refractivity contribution >= 4 is 21.4 Å². The van der Waals surface area contributed by atoms with Gasteiger partial charge in [0.1, 0.15) is 12.4 Å². The second-order valence-electron chi connectivity index (χ2n) is 5.81. The van der Waals surface area contributed by atoms with Crippen molar-refractivity contribution in [2.24, 2.45) is 0 Å². The molecule has 8 nitrogen and oxygen atoms in total. The largest absolute Gasteiger partial charge is 0.502 e. The van der Waals surface area contributed by atoms with E-state index in [9.17, 15) is 23.6 Å². The molecule has 0 spiro atoms. The highest BCUT2D eigenvalue weighted by atomic mass is 32.2. The number of nitro groups is 1. The van der Waals surface area contributed by atoms with Gasteiger partial charge in [0.25, 0.3) is 10.0 Å². The second-order valence-corrected chi connectivity index (χ2v) is 7.49. The molecule has 0 unspecified atom stereocenters. The van der Waals surface area contributed by atoms with Crippen LogP contribution in [0.3, 0.4) is 0 Å². The predicted octanol–water partition coefficient (Wildman–Crippen LogP) is 3.68. The van der Waals surface area contributed by atoms with Gasteiger partial charge in [-0.1, -0.05) is 30.3 Å². The van der Waals surface area contributed by atoms with Gasteiger partial charge in [-0.05, 0) is 42.0 Å². The molecule has 0 saturated carbocycles. The molecule has 0 bridgehead atoms. The number of rotatable bonds is 7. The number of ether oxygens (including phenoxy) is 1. The van der Waals surface area contributed by atoms with Gasteiger partial charge < -0.3 is 9.84 Å². The molecule has 0 heterocycles. The monoisotopic (exact) mass is 400 g/mol. The zero-order valence-corrected chi connectivity index (χ0v) is 15.3. The SMILES string of the molecule is O=[N+]([O-])c1cc(S(=O)(=O)Nc2ccc(OCc3ccccc3)cc2)ccc1O. The van der Waals surface area contributed by atoms with Crippen molar-refractivity contribution in [3.05, 3.63) is 88.5 Å². The number of aromatic hydroxyl groups is 1. The number of sulfonamides is 1. The Morgan fingerprint density at radius 1 is 1.00 bits per heavy atom. The zero-order valence-electron chi connectivity index (χ0n) is 14.5. The van der Waals surface area contributed by atoms with Crippen LogP contribution in [0.2, 0.25) is 0 Å². The zero-order chi connectivity index (χ0) is 20.1. The molecule has 9 heteroatoms. The first-order chi connectivity index (χ1) is 13.3. The molecule has 0 aromatic heterocycles. The van der Waals surface area contributed by atoms with Crippen LogP contribution in [0.25, 0.3) is 0 Å². The number of phenolic OH excluding ortho intramolecular Hbond substituents is 1. The third-order valence-corrected chi connectivity index (χ3v) is 5.19. The molecular weight excluding hydrogens is 384 g/mol. The van der Waals surface area contributed by atoms with Crippen LogP contribution >= 0.6 is 0 Å². The summed E-state index contributed by atoms with van der Waals surface area (Å²) in [5.41, 5.74) is 0.580. The lowest BCUT2D eigenvalue weighted by atomic mass is 10.2. The number of hydrogen-bond acceptors (Lipinski definition) is 6. The van der Waals surface area contributed by atoms with Crippen molar-refractivity contribution in [1.29, 1.82) is 0 Å². The molecule has 0 aliphatic carbocycles. The molecule has 0 saturated heterocycles. The van der Waals surface area contributed by atoms with E-state index in [-0.39, 0.29) is 10.6 Å². The van der Waals surface area contributed by atoms with Crippen LogP contribution in [0.4, 0.5) is 11.4 Å². The molecule has 3 rings (SSSR count). The third kappa shape index (κ3) is 4.57. The van der Waals surface area contributed by atoms with Gasteiger partial charge in [-0.15, -0.1) is 0 Å². The highest BCUT2D eigenvalue weighted by molar-refractivity contribution is 7.92. The fourth-order valence-electron chi connectivity index (χ4n) is 2.39. The molecular formula is C19H16N2O6S. The summed E-state index contributed by atoms with van der Waals surface area (Å²) in [6, 6.07) is 18.7. The van der Waals surface area contributed by atoms with Gasteiger partial charge in [-0.2, -0.15) is 0 Å². The lowest BCUT2D eigenvalue weighted by molar-refractivity contribution is -0.386. The maximum atomic E-state index is 12.4. The Morgan fingerprint density at radius 2 is 1.68 bits per heavy atom. The Bertz CT molecular complexity index is 1080. The Labute approximate surface area is 161 Å². The number of phenols is 1. The van der Waals surface area contributed by atoms with E-state index in [1.807, 2.05) is 30.3 Å². The van der Waals surface area contributed by atoms with Crippen LogP contribution in [0.5, 0.6) is 11.5 Å². The normalized spacial score (nSPS) is 11.0. The summed E-state index contributed by atoms with van der Waals surface area (Å²) in [5.74, 6) is -0.0454. The molecule has 2 N–H and O–H groups in total. The quantitative estimate of drug-likeness (QED) is 0.461. The molecule has 3 aromatic carbocycles. The van der Waals surface area contributed by atoms with Crippen molar-refractivity contribution in [2.45, 2.75) is 11.5 Å². The fraction of sp³-hybridized carbons (Fsp3) is 0.0526. The first-order valence-corrected chi connectivity index (χ1v) is 9.60. The van der Waals surface area contributed by atoms with Crippen LogP contribution < -0.4 is 9.46 Å². The van der Waals surface area contributed by atoms with Gasteiger partial charge in [0.2, 0.25) is 0 Å². The van der Waals surface area contributed by atoms with Crippen LogP contribution in [-0.2, 0) is 16.6 Å². The highest BCUT2D eigenvalue weighted by Gasteiger charge is 2.21. The molecule has 0 amide bonds. The number of anilines is 1. The fourth-order valence-corrected chi connectivity index (χ4v) is 3.47. The number of nitro benzene ring substituents is 1. The van der Waals surface area contributed by atoms with Gasteiger partial charge in [-0.3, -0.25) is 14.8 Å². The topological polar surface area (TPSA) is 119 Å². The first-order valence-electron chi connectivity index (χ1n) is 8.12. The van der Waals surface area contributed by atoms with Gasteiger partial charge in [-0.25, -0.2) is 8.42 Å². The van der Waals surface area contributed by atoms with Crippen molar-refractivity contribution in [3.63, 3.8) is 0 Å². The average molecular weight is 400 g/mol. The smallest absolute Gasteiger partial charge is 0.312 e. The van der Waals surface area contributed by atoms with E-state index in [0.29, 0.717) is 12.4 Å². The maximum Gasteiger partial charge on any atom is 0.312 e. The van der Waals surface area contributed by atoms with E-state index >= 15 is 0 Å². The summed E-state index contributed by atoms with van der Waals surface area (Å²) >= 11 is 0. The van der Waals surface area contributed by atoms with E-state index in [1.165, 1.54) is 12.1 Å². The minimum atomic E-state index is -4.06. The van der Waals surface area contributed by atoms with Gasteiger partial charge in [0.15, 0.2) is 5.75 Å². The summed E-state index contributed by atoms with van der Waals surface area (Å²) in [7, 11) is -4.06. The molecule has 28 heavy (non-hydrogen) atoms. The molecule has 3 aromatic rings. The van der Waals surface area contributed by atoms with Crippen molar-refractivity contribution in [3.8, 4) is 11.5 Å². The van der Waals surface area contributed by atoms with Crippen LogP contribution in [-0.4, -0.2) is 18.4 Å². The van der Waals surface area contributed by atoms with Gasteiger partial charge in [0.05, 0.1) is 9.82 Å². The summed E-state index contributed by atoms with van der Waals surface area (Å²) in [6.07, 6.45) is 0. The Morgan fingerprint density at radius 3 is 2.32 bits per heavy atom. The number of nitrogens with zero attached hydrogens (tertiary/aromatic N) is 1. The van der Waals surface area contributed by atoms with Crippen LogP contribution in [0.1, 0.15) is 5.56 Å². The average Bonchev–Trinajstić information content (AvgIpc) is 2.68. The highest BCUT2D eigenvalue weighted by Crippen LogP contribution is 2.29. The standard InChI is InChI=1S/C19H16N2O6S/c22-19-11-10-17(12-18(19)21(23)24)28(25,26)20-15-6-8-16(9-7-15)27-13-14-4-2-1-3-5-14/h1-12,20,22H,13H2. The van der Waals surface area contributed by atoms with Crippen molar-refractivity contribution < 1.29 is 23.2 Å². The van der Waals surface area contributed by atoms with E-state index < -0.39 is 26.4 Å². The minimum Gasteiger partial charge on any atom is -0.502 e. The molecule has 0 radical (unpaired) electrons. The molecule has 0 atom stereocenters. The Balaban J connectivity index is 1.71. The molecule has 0 aliphatic heterocycles. The van der Waals surface area contributed by atoms with E-state index in [2.05, 4.69) is 4.72 Å². The maximum absolute atomic E-state index is 12.4. The van der Waals surface area contributed by atoms with Crippen molar-refractivity contribution in [2.75, 3.05) is 4.72 Å². The summed E-state index contributed by atoms with van der Waals surface area (Å²) < 4.78 is 32.8. The molecule has 144 valence electrons.